The summed E-state index contributed by atoms with van der Waals surface area (Å²) in [7, 11) is 0. The molecule has 0 bridgehead atoms. The number of carbonyl (C=O) groups excluding carboxylic acids is 2. The third-order valence-electron chi connectivity index (χ3n) is 3.90. The van der Waals surface area contributed by atoms with E-state index in [-0.39, 0.29) is 29.7 Å². The highest BCUT2D eigenvalue weighted by Crippen LogP contribution is 2.29. The van der Waals surface area contributed by atoms with Crippen molar-refractivity contribution in [3.8, 4) is 0 Å². The molecule has 29 heavy (non-hydrogen) atoms. The predicted octanol–water partition coefficient (Wildman–Crippen LogP) is 4.27. The molecule has 0 radical (unpaired) electrons. The zero-order valence-electron chi connectivity index (χ0n) is 15.0. The molecule has 0 spiro atoms. The molecule has 0 atom stereocenters. The van der Waals surface area contributed by atoms with E-state index in [1.165, 1.54) is 17.5 Å². The number of hydrogen-bond donors (Lipinski definition) is 2. The summed E-state index contributed by atoms with van der Waals surface area (Å²) < 4.78 is 38.2. The van der Waals surface area contributed by atoms with E-state index >= 15 is 0 Å². The molecule has 3 rings (SSSR count). The molecule has 1 heterocycles. The number of nitrogens with one attached hydrogen (secondary N) is 2. The van der Waals surface area contributed by atoms with Gasteiger partial charge in [-0.05, 0) is 23.3 Å². The van der Waals surface area contributed by atoms with Gasteiger partial charge in [0.15, 0.2) is 5.13 Å². The molecule has 2 amide bonds. The molecule has 0 aliphatic rings. The Morgan fingerprint density at radius 2 is 1.72 bits per heavy atom. The molecule has 0 saturated carbocycles. The van der Waals surface area contributed by atoms with Gasteiger partial charge in [-0.15, -0.1) is 11.3 Å². The summed E-state index contributed by atoms with van der Waals surface area (Å²) in [5, 5.41) is 6.90. The van der Waals surface area contributed by atoms with Gasteiger partial charge in [0.2, 0.25) is 5.91 Å². The average molecular weight is 419 g/mol. The minimum atomic E-state index is -4.44. The average Bonchev–Trinajstić information content (AvgIpc) is 3.15. The third-order valence-corrected chi connectivity index (χ3v) is 4.66. The number of aromatic nitrogens is 1. The molecule has 2 N–H and O–H groups in total. The zero-order valence-corrected chi connectivity index (χ0v) is 15.8. The van der Waals surface area contributed by atoms with Crippen LogP contribution in [0.5, 0.6) is 0 Å². The normalized spacial score (nSPS) is 11.1. The number of carbonyl (C=O) groups is 2. The molecule has 3 aromatic rings. The first-order chi connectivity index (χ1) is 13.8. The van der Waals surface area contributed by atoms with Gasteiger partial charge in [0.25, 0.3) is 5.91 Å². The number of benzene rings is 2. The Morgan fingerprint density at radius 3 is 2.45 bits per heavy atom. The molecule has 0 fully saturated rings. The summed E-state index contributed by atoms with van der Waals surface area (Å²) >= 11 is 1.09. The fourth-order valence-electron chi connectivity index (χ4n) is 2.51. The van der Waals surface area contributed by atoms with Crippen LogP contribution in [0.2, 0.25) is 0 Å². The van der Waals surface area contributed by atoms with Crippen molar-refractivity contribution in [3.63, 3.8) is 0 Å². The van der Waals surface area contributed by atoms with Crippen molar-refractivity contribution in [3.05, 3.63) is 82.4 Å². The standard InChI is InChI=1S/C20H16F3N3O2S/c21-20(22,23)15-8-4-7-14(9-15)11-24-18(28)16-12-29-19(25-16)26-17(27)10-13-5-2-1-3-6-13/h1-9,12H,10-11H2,(H,24,28)(H,25,26,27). The van der Waals surface area contributed by atoms with Gasteiger partial charge in [-0.2, -0.15) is 13.2 Å². The SMILES string of the molecule is O=C(Cc1ccccc1)Nc1nc(C(=O)NCc2cccc(C(F)(F)F)c2)cs1. The van der Waals surface area contributed by atoms with Crippen LogP contribution in [0.4, 0.5) is 18.3 Å². The van der Waals surface area contributed by atoms with Crippen molar-refractivity contribution >= 4 is 28.3 Å². The fourth-order valence-corrected chi connectivity index (χ4v) is 3.22. The molecule has 9 heteroatoms. The maximum atomic E-state index is 12.7. The molecule has 0 saturated heterocycles. The summed E-state index contributed by atoms with van der Waals surface area (Å²) in [5.74, 6) is -0.802. The minimum Gasteiger partial charge on any atom is -0.347 e. The number of rotatable bonds is 6. The molecular weight excluding hydrogens is 403 g/mol. The maximum absolute atomic E-state index is 12.7. The third kappa shape index (κ3) is 5.89. The van der Waals surface area contributed by atoms with Crippen molar-refractivity contribution < 1.29 is 22.8 Å². The maximum Gasteiger partial charge on any atom is 0.416 e. The number of nitrogens with zero attached hydrogens (tertiary/aromatic N) is 1. The van der Waals surface area contributed by atoms with Crippen LogP contribution < -0.4 is 10.6 Å². The number of anilines is 1. The lowest BCUT2D eigenvalue weighted by Crippen LogP contribution is -2.23. The summed E-state index contributed by atoms with van der Waals surface area (Å²) in [6, 6.07) is 13.9. The van der Waals surface area contributed by atoms with E-state index in [0.29, 0.717) is 5.56 Å². The molecule has 0 aliphatic heterocycles. The van der Waals surface area contributed by atoms with E-state index < -0.39 is 17.6 Å². The van der Waals surface area contributed by atoms with Crippen LogP contribution in [0.15, 0.2) is 60.0 Å². The van der Waals surface area contributed by atoms with Crippen molar-refractivity contribution in [1.82, 2.24) is 10.3 Å². The largest absolute Gasteiger partial charge is 0.416 e. The van der Waals surface area contributed by atoms with Crippen LogP contribution in [0.1, 0.15) is 27.2 Å². The lowest BCUT2D eigenvalue weighted by atomic mass is 10.1. The molecule has 0 unspecified atom stereocenters. The number of alkyl halides is 3. The number of thiazole rings is 1. The quantitative estimate of drug-likeness (QED) is 0.627. The Balaban J connectivity index is 1.55. The Kier molecular flexibility index (Phi) is 6.28. The second-order valence-electron chi connectivity index (χ2n) is 6.13. The monoisotopic (exact) mass is 419 g/mol. The first kappa shape index (κ1) is 20.5. The van der Waals surface area contributed by atoms with Crippen molar-refractivity contribution in [1.29, 1.82) is 0 Å². The van der Waals surface area contributed by atoms with Crippen LogP contribution in [0, 0.1) is 0 Å². The van der Waals surface area contributed by atoms with Gasteiger partial charge in [-0.3, -0.25) is 9.59 Å². The lowest BCUT2D eigenvalue weighted by molar-refractivity contribution is -0.137. The predicted molar refractivity (Wildman–Crippen MR) is 104 cm³/mol. The Labute approximate surface area is 168 Å². The van der Waals surface area contributed by atoms with E-state index in [1.54, 1.807) is 0 Å². The molecule has 2 aromatic carbocycles. The highest BCUT2D eigenvalue weighted by molar-refractivity contribution is 7.14. The van der Waals surface area contributed by atoms with E-state index in [2.05, 4.69) is 15.6 Å². The van der Waals surface area contributed by atoms with Crippen molar-refractivity contribution in [2.24, 2.45) is 0 Å². The van der Waals surface area contributed by atoms with Gasteiger partial charge >= 0.3 is 6.18 Å². The van der Waals surface area contributed by atoms with Crippen LogP contribution in [-0.4, -0.2) is 16.8 Å². The molecule has 0 aliphatic carbocycles. The zero-order chi connectivity index (χ0) is 20.9. The summed E-state index contributed by atoms with van der Waals surface area (Å²) in [5.41, 5.74) is 0.471. The summed E-state index contributed by atoms with van der Waals surface area (Å²) in [4.78, 5) is 28.3. The smallest absolute Gasteiger partial charge is 0.347 e. The molecular formula is C20H16F3N3O2S. The Morgan fingerprint density at radius 1 is 1.00 bits per heavy atom. The van der Waals surface area contributed by atoms with E-state index in [4.69, 9.17) is 0 Å². The number of amides is 2. The minimum absolute atomic E-state index is 0.0734. The van der Waals surface area contributed by atoms with Crippen LogP contribution >= 0.6 is 11.3 Å². The van der Waals surface area contributed by atoms with Crippen LogP contribution in [0.3, 0.4) is 0 Å². The highest BCUT2D eigenvalue weighted by atomic mass is 32.1. The van der Waals surface area contributed by atoms with Gasteiger partial charge in [-0.1, -0.05) is 42.5 Å². The van der Waals surface area contributed by atoms with Gasteiger partial charge < -0.3 is 10.6 Å². The first-order valence-electron chi connectivity index (χ1n) is 8.55. The van der Waals surface area contributed by atoms with Gasteiger partial charge in [0.05, 0.1) is 12.0 Å². The first-order valence-corrected chi connectivity index (χ1v) is 9.43. The number of hydrogen-bond acceptors (Lipinski definition) is 4. The van der Waals surface area contributed by atoms with Crippen LogP contribution in [-0.2, 0) is 23.9 Å². The van der Waals surface area contributed by atoms with Crippen molar-refractivity contribution in [2.75, 3.05) is 5.32 Å². The second-order valence-corrected chi connectivity index (χ2v) is 6.99. The van der Waals surface area contributed by atoms with Crippen molar-refractivity contribution in [2.45, 2.75) is 19.1 Å². The Hall–Kier alpha value is -3.20. The van der Waals surface area contributed by atoms with E-state index in [0.717, 1.165) is 29.0 Å². The highest BCUT2D eigenvalue weighted by Gasteiger charge is 2.30. The second kappa shape index (κ2) is 8.87. The lowest BCUT2D eigenvalue weighted by Gasteiger charge is -2.09. The van der Waals surface area contributed by atoms with E-state index in [9.17, 15) is 22.8 Å². The topological polar surface area (TPSA) is 71.1 Å². The van der Waals surface area contributed by atoms with Gasteiger partial charge in [0.1, 0.15) is 5.69 Å². The molecule has 5 nitrogen and oxygen atoms in total. The van der Waals surface area contributed by atoms with Gasteiger partial charge in [0, 0.05) is 11.9 Å². The molecule has 150 valence electrons. The van der Waals surface area contributed by atoms with Crippen LogP contribution in [0.25, 0.3) is 0 Å². The number of halogens is 3. The Bertz CT molecular complexity index is 1000. The van der Waals surface area contributed by atoms with Gasteiger partial charge in [-0.25, -0.2) is 4.98 Å². The van der Waals surface area contributed by atoms with E-state index in [1.807, 2.05) is 30.3 Å². The fraction of sp³-hybridized carbons (Fsp3) is 0.150. The summed E-state index contributed by atoms with van der Waals surface area (Å²) in [6.45, 7) is -0.0734. The molecule has 1 aromatic heterocycles. The summed E-state index contributed by atoms with van der Waals surface area (Å²) in [6.07, 6.45) is -4.26.